The molecule has 0 aromatic rings. The lowest BCUT2D eigenvalue weighted by atomic mass is 10.1. The molecule has 1 radical (unpaired) electrons. The van der Waals surface area contributed by atoms with E-state index in [9.17, 15) is 0 Å². The predicted molar refractivity (Wildman–Crippen MR) is 75.5 cm³/mol. The molecule has 0 N–H and O–H groups in total. The van der Waals surface area contributed by atoms with E-state index in [4.69, 9.17) is 4.74 Å². The summed E-state index contributed by atoms with van der Waals surface area (Å²) in [5, 5.41) is 0. The molecule has 0 aromatic carbocycles. The Morgan fingerprint density at radius 2 is 1.35 bits per heavy atom. The van der Waals surface area contributed by atoms with Crippen molar-refractivity contribution < 1.29 is 4.74 Å². The number of methoxy groups -OCH3 is 1. The Bertz CT molecular complexity index is 187. The average molecular weight is 237 g/mol. The van der Waals surface area contributed by atoms with Gasteiger partial charge in [0.25, 0.3) is 0 Å². The van der Waals surface area contributed by atoms with Gasteiger partial charge in [-0.15, -0.1) is 5.92 Å². The maximum atomic E-state index is 4.74. The van der Waals surface area contributed by atoms with E-state index in [1.54, 1.807) is 13.7 Å². The van der Waals surface area contributed by atoms with E-state index in [1.807, 2.05) is 0 Å². The molecule has 0 saturated carbocycles. The summed E-state index contributed by atoms with van der Waals surface area (Å²) in [5.74, 6) is 5.95. The molecule has 0 aromatic heterocycles. The lowest BCUT2D eigenvalue weighted by Crippen LogP contribution is -1.81. The van der Waals surface area contributed by atoms with E-state index in [0.717, 1.165) is 6.42 Å². The first kappa shape index (κ1) is 16.5. The molecular weight excluding hydrogens is 208 g/mol. The van der Waals surface area contributed by atoms with Crippen LogP contribution in [-0.4, -0.2) is 7.11 Å². The molecule has 0 heterocycles. The Hall–Kier alpha value is -0.480. The smallest absolute Gasteiger partial charge is 0.155 e. The summed E-state index contributed by atoms with van der Waals surface area (Å²) in [6, 6.07) is 0. The van der Waals surface area contributed by atoms with Gasteiger partial charge in [0, 0.05) is 13.5 Å². The van der Waals surface area contributed by atoms with Gasteiger partial charge in [-0.2, -0.15) is 0 Å². The number of rotatable bonds is 11. The molecule has 0 amide bonds. The van der Waals surface area contributed by atoms with Crippen LogP contribution >= 0.6 is 0 Å². The maximum Gasteiger partial charge on any atom is 0.155 e. The third-order valence-electron chi connectivity index (χ3n) is 2.93. The second-order valence-corrected chi connectivity index (χ2v) is 4.61. The number of ether oxygens (including phenoxy) is 1. The first-order valence-corrected chi connectivity index (χ1v) is 7.24. The summed E-state index contributed by atoms with van der Waals surface area (Å²) >= 11 is 0. The van der Waals surface area contributed by atoms with Crippen molar-refractivity contribution in [2.75, 3.05) is 7.11 Å². The average Bonchev–Trinajstić information content (AvgIpc) is 2.35. The molecule has 1 heteroatoms. The van der Waals surface area contributed by atoms with Crippen molar-refractivity contribution in [2.45, 2.75) is 77.6 Å². The van der Waals surface area contributed by atoms with Crippen molar-refractivity contribution in [2.24, 2.45) is 0 Å². The van der Waals surface area contributed by atoms with E-state index in [2.05, 4.69) is 18.8 Å². The van der Waals surface area contributed by atoms with Crippen LogP contribution in [0.25, 0.3) is 0 Å². The monoisotopic (exact) mass is 237 g/mol. The fraction of sp³-hybridized carbons (Fsp3) is 0.812. The van der Waals surface area contributed by atoms with Gasteiger partial charge in [0.2, 0.25) is 0 Å². The first-order chi connectivity index (χ1) is 8.41. The van der Waals surface area contributed by atoms with Gasteiger partial charge >= 0.3 is 0 Å². The summed E-state index contributed by atoms with van der Waals surface area (Å²) in [4.78, 5) is 0. The van der Waals surface area contributed by atoms with Crippen molar-refractivity contribution in [3.8, 4) is 11.8 Å². The molecule has 17 heavy (non-hydrogen) atoms. The molecule has 99 valence electrons. The van der Waals surface area contributed by atoms with Crippen LogP contribution in [0.5, 0.6) is 0 Å². The Morgan fingerprint density at radius 3 is 1.88 bits per heavy atom. The van der Waals surface area contributed by atoms with E-state index < -0.39 is 0 Å². The van der Waals surface area contributed by atoms with Gasteiger partial charge < -0.3 is 4.74 Å². The van der Waals surface area contributed by atoms with Crippen molar-refractivity contribution >= 4 is 0 Å². The minimum absolute atomic E-state index is 1.01. The van der Waals surface area contributed by atoms with Crippen LogP contribution in [-0.2, 0) is 4.74 Å². The normalized spacial score (nSPS) is 10.0. The third kappa shape index (κ3) is 15.5. The van der Waals surface area contributed by atoms with Gasteiger partial charge in [-0.05, 0) is 6.42 Å². The molecule has 0 aliphatic heterocycles. The molecule has 0 unspecified atom stereocenters. The van der Waals surface area contributed by atoms with Crippen LogP contribution in [0, 0.1) is 18.4 Å². The topological polar surface area (TPSA) is 9.23 Å². The second kappa shape index (κ2) is 15.5. The predicted octanol–water partition coefficient (Wildman–Crippen LogP) is 5.11. The molecule has 0 rings (SSSR count). The molecule has 0 aliphatic carbocycles. The lowest BCUT2D eigenvalue weighted by Gasteiger charge is -2.00. The van der Waals surface area contributed by atoms with Gasteiger partial charge in [-0.25, -0.2) is 0 Å². The number of hydrogen-bond acceptors (Lipinski definition) is 1. The molecule has 0 saturated heterocycles. The number of hydrogen-bond donors (Lipinski definition) is 0. The van der Waals surface area contributed by atoms with Crippen molar-refractivity contribution in [1.82, 2.24) is 0 Å². The van der Waals surface area contributed by atoms with Crippen molar-refractivity contribution in [3.05, 3.63) is 6.61 Å². The Kier molecular flexibility index (Phi) is 15.1. The molecule has 0 aliphatic rings. The van der Waals surface area contributed by atoms with Crippen LogP contribution in [0.2, 0.25) is 0 Å². The lowest BCUT2D eigenvalue weighted by molar-refractivity contribution is 0.301. The van der Waals surface area contributed by atoms with Gasteiger partial charge in [-0.3, -0.25) is 0 Å². The van der Waals surface area contributed by atoms with Crippen molar-refractivity contribution in [3.63, 3.8) is 0 Å². The highest BCUT2D eigenvalue weighted by Gasteiger charge is 1.91. The zero-order chi connectivity index (χ0) is 12.6. The van der Waals surface area contributed by atoms with Crippen LogP contribution in [0.3, 0.4) is 0 Å². The standard InChI is InChI=1S/C16H29O/c1-3-4-5-6-7-8-9-10-11-12-13-14-15-16-17-2/h16H,3-13H2,1-2H3. The Morgan fingerprint density at radius 1 is 0.824 bits per heavy atom. The summed E-state index contributed by atoms with van der Waals surface area (Å²) < 4.78 is 4.74. The highest BCUT2D eigenvalue weighted by Crippen LogP contribution is 2.10. The summed E-state index contributed by atoms with van der Waals surface area (Å²) in [5.41, 5.74) is 0. The van der Waals surface area contributed by atoms with Crippen LogP contribution in [0.1, 0.15) is 77.6 Å². The molecule has 0 fully saturated rings. The summed E-state index contributed by atoms with van der Waals surface area (Å²) in [7, 11) is 1.63. The first-order valence-electron chi connectivity index (χ1n) is 7.24. The van der Waals surface area contributed by atoms with Gasteiger partial charge in [-0.1, -0.05) is 70.6 Å². The van der Waals surface area contributed by atoms with Gasteiger partial charge in [0.05, 0.1) is 0 Å². The Balaban J connectivity index is 2.97. The molecule has 0 bridgehead atoms. The fourth-order valence-electron chi connectivity index (χ4n) is 1.87. The summed E-state index contributed by atoms with van der Waals surface area (Å²) in [6.45, 7) is 3.82. The van der Waals surface area contributed by atoms with Crippen LogP contribution in [0.15, 0.2) is 0 Å². The highest BCUT2D eigenvalue weighted by molar-refractivity contribution is 5.05. The van der Waals surface area contributed by atoms with E-state index in [0.29, 0.717) is 0 Å². The zero-order valence-electron chi connectivity index (χ0n) is 11.8. The summed E-state index contributed by atoms with van der Waals surface area (Å²) in [6.07, 6.45) is 14.9. The minimum Gasteiger partial charge on any atom is -0.365 e. The van der Waals surface area contributed by atoms with E-state index >= 15 is 0 Å². The highest BCUT2D eigenvalue weighted by atomic mass is 16.5. The minimum atomic E-state index is 1.01. The molecule has 0 spiro atoms. The van der Waals surface area contributed by atoms with E-state index in [-0.39, 0.29) is 0 Å². The van der Waals surface area contributed by atoms with Crippen molar-refractivity contribution in [1.29, 1.82) is 0 Å². The van der Waals surface area contributed by atoms with E-state index in [1.165, 1.54) is 64.2 Å². The quantitative estimate of drug-likeness (QED) is 0.358. The second-order valence-electron chi connectivity index (χ2n) is 4.61. The Labute approximate surface area is 108 Å². The third-order valence-corrected chi connectivity index (χ3v) is 2.93. The van der Waals surface area contributed by atoms with Crippen LogP contribution < -0.4 is 0 Å². The zero-order valence-corrected chi connectivity index (χ0v) is 11.8. The maximum absolute atomic E-state index is 4.74. The van der Waals surface area contributed by atoms with Gasteiger partial charge in [0.15, 0.2) is 6.61 Å². The number of unbranched alkanes of at least 4 members (excludes halogenated alkanes) is 10. The molecule has 1 nitrogen and oxygen atoms in total. The SMILES string of the molecule is CCCCCCCCCCCCC#C[CH]OC. The molecular formula is C16H29O. The molecule has 0 atom stereocenters. The largest absolute Gasteiger partial charge is 0.365 e. The van der Waals surface area contributed by atoms with Gasteiger partial charge in [0.1, 0.15) is 0 Å². The van der Waals surface area contributed by atoms with Crippen LogP contribution in [0.4, 0.5) is 0 Å². The fourth-order valence-corrected chi connectivity index (χ4v) is 1.87.